The molecule has 1 aromatic carbocycles. The van der Waals surface area contributed by atoms with Crippen molar-refractivity contribution in [1.82, 2.24) is 4.90 Å². The molecule has 0 spiro atoms. The number of aryl methyl sites for hydroxylation is 1. The summed E-state index contributed by atoms with van der Waals surface area (Å²) in [7, 11) is 0. The van der Waals surface area contributed by atoms with Crippen molar-refractivity contribution >= 4 is 17.5 Å². The summed E-state index contributed by atoms with van der Waals surface area (Å²) in [4.78, 5) is 14.2. The van der Waals surface area contributed by atoms with Crippen LogP contribution in [0.3, 0.4) is 0 Å². The van der Waals surface area contributed by atoms with Crippen LogP contribution < -0.4 is 0 Å². The molecule has 1 fully saturated rings. The molecule has 3 nitrogen and oxygen atoms in total. The quantitative estimate of drug-likeness (QED) is 0.783. The van der Waals surface area contributed by atoms with E-state index in [1.54, 1.807) is 6.07 Å². The van der Waals surface area contributed by atoms with Gasteiger partial charge in [-0.15, -0.1) is 0 Å². The molecule has 1 amide bonds. The van der Waals surface area contributed by atoms with Crippen molar-refractivity contribution in [3.05, 3.63) is 34.3 Å². The highest BCUT2D eigenvalue weighted by Crippen LogP contribution is 2.21. The predicted molar refractivity (Wildman–Crippen MR) is 72.1 cm³/mol. The Kier molecular flexibility index (Phi) is 3.93. The second kappa shape index (κ2) is 5.29. The monoisotopic (exact) mass is 267 g/mol. The molecule has 18 heavy (non-hydrogen) atoms. The minimum absolute atomic E-state index is 0.0120. The molecule has 2 atom stereocenters. The lowest BCUT2D eigenvalue weighted by Gasteiger charge is -2.35. The van der Waals surface area contributed by atoms with Gasteiger partial charge in [-0.25, -0.2) is 0 Å². The number of amides is 1. The van der Waals surface area contributed by atoms with E-state index in [0.29, 0.717) is 23.7 Å². The van der Waals surface area contributed by atoms with Crippen LogP contribution in [0, 0.1) is 6.92 Å². The van der Waals surface area contributed by atoms with E-state index in [2.05, 4.69) is 0 Å². The number of ether oxygens (including phenoxy) is 1. The van der Waals surface area contributed by atoms with Crippen LogP contribution in [0.15, 0.2) is 18.2 Å². The van der Waals surface area contributed by atoms with Gasteiger partial charge >= 0.3 is 0 Å². The number of hydrogen-bond donors (Lipinski definition) is 0. The Labute approximate surface area is 113 Å². The van der Waals surface area contributed by atoms with Crippen molar-refractivity contribution in [1.29, 1.82) is 0 Å². The summed E-state index contributed by atoms with van der Waals surface area (Å²) < 4.78 is 5.62. The van der Waals surface area contributed by atoms with Gasteiger partial charge in [0.15, 0.2) is 0 Å². The largest absolute Gasteiger partial charge is 0.372 e. The number of nitrogens with zero attached hydrogens (tertiary/aromatic N) is 1. The number of hydrogen-bond acceptors (Lipinski definition) is 2. The average molecular weight is 268 g/mol. The lowest BCUT2D eigenvalue weighted by Crippen LogP contribution is -2.48. The molecule has 0 bridgehead atoms. The van der Waals surface area contributed by atoms with Crippen LogP contribution >= 0.6 is 11.6 Å². The normalized spacial score (nSPS) is 24.1. The molecular weight excluding hydrogens is 250 g/mol. The Hall–Kier alpha value is -1.06. The van der Waals surface area contributed by atoms with Crippen molar-refractivity contribution < 1.29 is 9.53 Å². The average Bonchev–Trinajstić information content (AvgIpc) is 2.26. The molecule has 1 aliphatic heterocycles. The first kappa shape index (κ1) is 13.4. The number of carbonyl (C=O) groups excluding carboxylic acids is 1. The Balaban J connectivity index is 2.20. The van der Waals surface area contributed by atoms with Gasteiger partial charge in [0.1, 0.15) is 0 Å². The molecule has 2 rings (SSSR count). The van der Waals surface area contributed by atoms with Crippen molar-refractivity contribution in [2.75, 3.05) is 13.1 Å². The molecular formula is C14H18ClNO2. The van der Waals surface area contributed by atoms with Gasteiger partial charge in [0, 0.05) is 13.1 Å². The maximum atomic E-state index is 12.4. The third-order valence-electron chi connectivity index (χ3n) is 3.06. The first-order valence-corrected chi connectivity index (χ1v) is 6.56. The molecule has 0 saturated carbocycles. The third-order valence-corrected chi connectivity index (χ3v) is 3.37. The highest BCUT2D eigenvalue weighted by Gasteiger charge is 2.27. The highest BCUT2D eigenvalue weighted by atomic mass is 35.5. The highest BCUT2D eigenvalue weighted by molar-refractivity contribution is 6.33. The van der Waals surface area contributed by atoms with Gasteiger partial charge in [0.05, 0.1) is 22.8 Å². The summed E-state index contributed by atoms with van der Waals surface area (Å²) in [6.07, 6.45) is 0.142. The Morgan fingerprint density at radius 3 is 2.50 bits per heavy atom. The van der Waals surface area contributed by atoms with Crippen LogP contribution in [0.2, 0.25) is 5.02 Å². The van der Waals surface area contributed by atoms with Crippen molar-refractivity contribution in [2.24, 2.45) is 0 Å². The molecule has 0 N–H and O–H groups in total. The maximum absolute atomic E-state index is 12.4. The van der Waals surface area contributed by atoms with E-state index in [0.717, 1.165) is 5.56 Å². The van der Waals surface area contributed by atoms with E-state index in [1.165, 1.54) is 0 Å². The van der Waals surface area contributed by atoms with Crippen LogP contribution in [-0.4, -0.2) is 36.1 Å². The fourth-order valence-electron chi connectivity index (χ4n) is 2.31. The van der Waals surface area contributed by atoms with Gasteiger partial charge in [-0.2, -0.15) is 0 Å². The van der Waals surface area contributed by atoms with E-state index in [9.17, 15) is 4.79 Å². The van der Waals surface area contributed by atoms with Crippen molar-refractivity contribution in [2.45, 2.75) is 33.0 Å². The molecule has 4 heteroatoms. The molecule has 1 aromatic rings. The van der Waals surface area contributed by atoms with E-state index in [-0.39, 0.29) is 18.1 Å². The summed E-state index contributed by atoms with van der Waals surface area (Å²) in [6, 6.07) is 5.53. The lowest BCUT2D eigenvalue weighted by atomic mass is 10.1. The van der Waals surface area contributed by atoms with Gasteiger partial charge < -0.3 is 9.64 Å². The lowest BCUT2D eigenvalue weighted by molar-refractivity contribution is -0.0586. The minimum atomic E-state index is -0.0120. The number of carbonyl (C=O) groups is 1. The third kappa shape index (κ3) is 2.85. The van der Waals surface area contributed by atoms with Crippen LogP contribution in [-0.2, 0) is 4.74 Å². The number of halogens is 1. The van der Waals surface area contributed by atoms with E-state index < -0.39 is 0 Å². The maximum Gasteiger partial charge on any atom is 0.255 e. The smallest absolute Gasteiger partial charge is 0.255 e. The molecule has 0 radical (unpaired) electrons. The first-order chi connectivity index (χ1) is 8.47. The van der Waals surface area contributed by atoms with Crippen LogP contribution in [0.1, 0.15) is 29.8 Å². The summed E-state index contributed by atoms with van der Waals surface area (Å²) in [5.74, 6) is -0.0120. The minimum Gasteiger partial charge on any atom is -0.372 e. The summed E-state index contributed by atoms with van der Waals surface area (Å²) >= 11 is 6.14. The second-order valence-corrected chi connectivity index (χ2v) is 5.36. The molecule has 0 unspecified atom stereocenters. The summed E-state index contributed by atoms with van der Waals surface area (Å²) in [6.45, 7) is 7.15. The molecule has 1 aliphatic rings. The number of benzene rings is 1. The fraction of sp³-hybridized carbons (Fsp3) is 0.500. The van der Waals surface area contributed by atoms with Gasteiger partial charge in [-0.05, 0) is 38.5 Å². The second-order valence-electron chi connectivity index (χ2n) is 4.95. The number of morpholine rings is 1. The molecule has 98 valence electrons. The Morgan fingerprint density at radius 2 is 1.94 bits per heavy atom. The zero-order valence-electron chi connectivity index (χ0n) is 10.9. The Bertz CT molecular complexity index is 451. The van der Waals surface area contributed by atoms with Crippen LogP contribution in [0.25, 0.3) is 0 Å². The molecule has 1 saturated heterocycles. The number of rotatable bonds is 1. The Morgan fingerprint density at radius 1 is 1.33 bits per heavy atom. The summed E-state index contributed by atoms with van der Waals surface area (Å²) in [5.41, 5.74) is 1.63. The molecule has 1 heterocycles. The van der Waals surface area contributed by atoms with Crippen LogP contribution in [0.5, 0.6) is 0 Å². The van der Waals surface area contributed by atoms with E-state index >= 15 is 0 Å². The summed E-state index contributed by atoms with van der Waals surface area (Å²) in [5, 5.41) is 0.520. The predicted octanol–water partition coefficient (Wildman–Crippen LogP) is 2.90. The first-order valence-electron chi connectivity index (χ1n) is 6.18. The van der Waals surface area contributed by atoms with Gasteiger partial charge in [0.2, 0.25) is 0 Å². The standard InChI is InChI=1S/C14H18ClNO2/c1-9-4-5-12(13(15)6-9)14(17)16-7-10(2)18-11(3)8-16/h4-6,10-11H,7-8H2,1-3H3/t10-,11-/m0/s1. The fourth-order valence-corrected chi connectivity index (χ4v) is 2.62. The van der Waals surface area contributed by atoms with Crippen molar-refractivity contribution in [3.8, 4) is 0 Å². The zero-order valence-corrected chi connectivity index (χ0v) is 11.7. The SMILES string of the molecule is Cc1ccc(C(=O)N2C[C@H](C)O[C@@H](C)C2)c(Cl)c1. The molecule has 0 aliphatic carbocycles. The van der Waals surface area contributed by atoms with Gasteiger partial charge in [0.25, 0.3) is 5.91 Å². The van der Waals surface area contributed by atoms with Crippen molar-refractivity contribution in [3.63, 3.8) is 0 Å². The van der Waals surface area contributed by atoms with Gasteiger partial charge in [-0.3, -0.25) is 4.79 Å². The van der Waals surface area contributed by atoms with E-state index in [4.69, 9.17) is 16.3 Å². The van der Waals surface area contributed by atoms with E-state index in [1.807, 2.05) is 37.8 Å². The van der Waals surface area contributed by atoms with Crippen LogP contribution in [0.4, 0.5) is 0 Å². The molecule has 0 aromatic heterocycles. The zero-order chi connectivity index (χ0) is 13.3. The van der Waals surface area contributed by atoms with Gasteiger partial charge in [-0.1, -0.05) is 17.7 Å². The topological polar surface area (TPSA) is 29.5 Å².